The fourth-order valence-electron chi connectivity index (χ4n) is 3.16. The van der Waals surface area contributed by atoms with Crippen LogP contribution in [0.25, 0.3) is 0 Å². The molecule has 1 saturated heterocycles. The summed E-state index contributed by atoms with van der Waals surface area (Å²) in [4.78, 5) is 38.5. The second kappa shape index (κ2) is 8.30. The fraction of sp³-hybridized carbons (Fsp3) is 0.471. The predicted molar refractivity (Wildman–Crippen MR) is 102 cm³/mol. The summed E-state index contributed by atoms with van der Waals surface area (Å²) in [5, 5.41) is 0. The Balaban J connectivity index is 1.44. The lowest BCUT2D eigenvalue weighted by atomic mass is 10.1. The number of amides is 3. The number of rotatable bonds is 5. The van der Waals surface area contributed by atoms with Crippen molar-refractivity contribution in [3.8, 4) is 0 Å². The van der Waals surface area contributed by atoms with Gasteiger partial charge in [0.1, 0.15) is 0 Å². The second-order valence-corrected chi connectivity index (χ2v) is 9.87. The standard InChI is InChI=1S/C17H21N3O5S2/c21-15(18-19-16(22)9-12-6-8-27(24,25)11-12)5-7-20-13-3-1-2-4-14(13)26-10-17(20)23/h1-4,12H,5-11H2,(H,18,21)(H,19,22)/t12-/m1/s1. The molecule has 3 amide bonds. The summed E-state index contributed by atoms with van der Waals surface area (Å²) in [6, 6.07) is 7.52. The number of fused-ring (bicyclic) bond motifs is 1. The molecule has 8 nitrogen and oxygen atoms in total. The molecule has 0 spiro atoms. The molecule has 2 aliphatic heterocycles. The van der Waals surface area contributed by atoms with E-state index in [2.05, 4.69) is 10.9 Å². The lowest BCUT2D eigenvalue weighted by molar-refractivity contribution is -0.129. The number of carbonyl (C=O) groups excluding carboxylic acids is 3. The summed E-state index contributed by atoms with van der Waals surface area (Å²) >= 11 is 1.47. The van der Waals surface area contributed by atoms with Crippen LogP contribution in [0, 0.1) is 5.92 Å². The van der Waals surface area contributed by atoms with Gasteiger partial charge in [0.25, 0.3) is 0 Å². The van der Waals surface area contributed by atoms with Gasteiger partial charge in [-0.25, -0.2) is 8.42 Å². The monoisotopic (exact) mass is 411 g/mol. The van der Waals surface area contributed by atoms with Crippen molar-refractivity contribution in [1.82, 2.24) is 10.9 Å². The highest BCUT2D eigenvalue weighted by molar-refractivity contribution is 8.00. The fourth-order valence-corrected chi connectivity index (χ4v) is 5.96. The third-order valence-corrected chi connectivity index (χ3v) is 7.40. The van der Waals surface area contributed by atoms with E-state index in [9.17, 15) is 22.8 Å². The van der Waals surface area contributed by atoms with Gasteiger partial charge in [0.2, 0.25) is 17.7 Å². The number of hydrogen-bond acceptors (Lipinski definition) is 6. The summed E-state index contributed by atoms with van der Waals surface area (Å²) in [5.74, 6) is -0.624. The topological polar surface area (TPSA) is 113 Å². The van der Waals surface area contributed by atoms with E-state index in [1.54, 1.807) is 4.90 Å². The summed E-state index contributed by atoms with van der Waals surface area (Å²) in [7, 11) is -3.03. The SMILES string of the molecule is O=C(CCN1C(=O)CSc2ccccc21)NNC(=O)C[C@H]1CCS(=O)(=O)C1. The number of para-hydroxylation sites is 1. The summed E-state index contributed by atoms with van der Waals surface area (Å²) < 4.78 is 22.8. The number of nitrogens with zero attached hydrogens (tertiary/aromatic N) is 1. The molecule has 1 atom stereocenters. The molecule has 27 heavy (non-hydrogen) atoms. The lowest BCUT2D eigenvalue weighted by Crippen LogP contribution is -2.44. The quantitative estimate of drug-likeness (QED) is 0.682. The van der Waals surface area contributed by atoms with Crippen molar-refractivity contribution >= 4 is 45.0 Å². The van der Waals surface area contributed by atoms with E-state index in [4.69, 9.17) is 0 Å². The Labute approximate surface area is 161 Å². The third-order valence-electron chi connectivity index (χ3n) is 4.51. The van der Waals surface area contributed by atoms with E-state index >= 15 is 0 Å². The molecule has 0 unspecified atom stereocenters. The van der Waals surface area contributed by atoms with Crippen molar-refractivity contribution in [2.45, 2.75) is 24.2 Å². The van der Waals surface area contributed by atoms with Crippen LogP contribution in [0.5, 0.6) is 0 Å². The largest absolute Gasteiger partial charge is 0.310 e. The third kappa shape index (κ3) is 5.23. The minimum absolute atomic E-state index is 0.0167. The Bertz CT molecular complexity index is 856. The van der Waals surface area contributed by atoms with Crippen molar-refractivity contribution in [1.29, 1.82) is 0 Å². The molecule has 2 N–H and O–H groups in total. The van der Waals surface area contributed by atoms with Crippen LogP contribution < -0.4 is 15.8 Å². The molecular formula is C17H21N3O5S2. The molecule has 1 fully saturated rings. The number of anilines is 1. The highest BCUT2D eigenvalue weighted by Gasteiger charge is 2.29. The molecule has 146 valence electrons. The minimum Gasteiger partial charge on any atom is -0.310 e. The molecule has 10 heteroatoms. The van der Waals surface area contributed by atoms with Crippen molar-refractivity contribution in [3.05, 3.63) is 24.3 Å². The smallest absolute Gasteiger partial charge is 0.240 e. The first-order valence-electron chi connectivity index (χ1n) is 8.64. The van der Waals surface area contributed by atoms with Crippen LogP contribution in [-0.2, 0) is 24.2 Å². The molecule has 0 aliphatic carbocycles. The number of hydrazine groups is 1. The van der Waals surface area contributed by atoms with Gasteiger partial charge in [-0.1, -0.05) is 12.1 Å². The number of hydrogen-bond donors (Lipinski definition) is 2. The van der Waals surface area contributed by atoms with E-state index in [-0.39, 0.29) is 42.7 Å². The highest BCUT2D eigenvalue weighted by atomic mass is 32.2. The number of benzene rings is 1. The molecule has 0 bridgehead atoms. The summed E-state index contributed by atoms with van der Waals surface area (Å²) in [5.41, 5.74) is 5.43. The first-order valence-corrected chi connectivity index (χ1v) is 11.4. The van der Waals surface area contributed by atoms with E-state index in [1.165, 1.54) is 11.8 Å². The average Bonchev–Trinajstić information content (AvgIpc) is 2.97. The van der Waals surface area contributed by atoms with Crippen LogP contribution in [0.15, 0.2) is 29.2 Å². The average molecular weight is 412 g/mol. The zero-order valence-electron chi connectivity index (χ0n) is 14.6. The normalized spacial score (nSPS) is 20.8. The van der Waals surface area contributed by atoms with E-state index in [1.807, 2.05) is 24.3 Å². The van der Waals surface area contributed by atoms with Crippen LogP contribution >= 0.6 is 11.8 Å². The van der Waals surface area contributed by atoms with Crippen LogP contribution in [0.3, 0.4) is 0 Å². The molecule has 2 aliphatic rings. The molecule has 0 saturated carbocycles. The molecule has 0 radical (unpaired) electrons. The Morgan fingerprint density at radius 3 is 2.67 bits per heavy atom. The minimum atomic E-state index is -3.03. The van der Waals surface area contributed by atoms with Gasteiger partial charge in [-0.2, -0.15) is 0 Å². The number of nitrogens with one attached hydrogen (secondary N) is 2. The molecule has 2 heterocycles. The first kappa shape index (κ1) is 19.7. The van der Waals surface area contributed by atoms with Gasteiger partial charge >= 0.3 is 0 Å². The Morgan fingerprint density at radius 2 is 1.93 bits per heavy atom. The van der Waals surface area contributed by atoms with Gasteiger partial charge in [-0.05, 0) is 24.5 Å². The zero-order chi connectivity index (χ0) is 19.4. The van der Waals surface area contributed by atoms with Gasteiger partial charge in [0.15, 0.2) is 9.84 Å². The van der Waals surface area contributed by atoms with E-state index in [0.717, 1.165) is 10.6 Å². The van der Waals surface area contributed by atoms with Crippen LogP contribution in [-0.4, -0.2) is 49.9 Å². The Kier molecular flexibility index (Phi) is 6.05. The summed E-state index contributed by atoms with van der Waals surface area (Å²) in [6.07, 6.45) is 0.579. The second-order valence-electron chi connectivity index (χ2n) is 6.62. The maximum atomic E-state index is 12.1. The van der Waals surface area contributed by atoms with Gasteiger partial charge in [0.05, 0.1) is 22.9 Å². The van der Waals surface area contributed by atoms with Crippen molar-refractivity contribution in [2.24, 2.45) is 5.92 Å². The van der Waals surface area contributed by atoms with Gasteiger partial charge in [-0.15, -0.1) is 11.8 Å². The summed E-state index contributed by atoms with van der Waals surface area (Å²) in [6.45, 7) is 0.221. The van der Waals surface area contributed by atoms with E-state index < -0.39 is 21.7 Å². The number of sulfone groups is 1. The maximum Gasteiger partial charge on any atom is 0.240 e. The first-order chi connectivity index (χ1) is 12.8. The van der Waals surface area contributed by atoms with Gasteiger partial charge < -0.3 is 4.90 Å². The van der Waals surface area contributed by atoms with Gasteiger partial charge in [-0.3, -0.25) is 25.2 Å². The van der Waals surface area contributed by atoms with Crippen LogP contribution in [0.2, 0.25) is 0 Å². The van der Waals surface area contributed by atoms with Crippen molar-refractivity contribution in [2.75, 3.05) is 28.7 Å². The molecule has 1 aromatic rings. The van der Waals surface area contributed by atoms with Crippen LogP contribution in [0.4, 0.5) is 5.69 Å². The molecule has 0 aromatic heterocycles. The van der Waals surface area contributed by atoms with Gasteiger partial charge in [0, 0.05) is 24.3 Å². The van der Waals surface area contributed by atoms with Crippen molar-refractivity contribution in [3.63, 3.8) is 0 Å². The zero-order valence-corrected chi connectivity index (χ0v) is 16.3. The highest BCUT2D eigenvalue weighted by Crippen LogP contribution is 2.34. The molecule has 3 rings (SSSR count). The van der Waals surface area contributed by atoms with E-state index in [0.29, 0.717) is 12.2 Å². The number of thioether (sulfide) groups is 1. The van der Waals surface area contributed by atoms with Crippen LogP contribution in [0.1, 0.15) is 19.3 Å². The predicted octanol–water partition coefficient (Wildman–Crippen LogP) is 0.488. The Hall–Kier alpha value is -2.07. The molecular weight excluding hydrogens is 390 g/mol. The molecule has 1 aromatic carbocycles. The van der Waals surface area contributed by atoms with Crippen molar-refractivity contribution < 1.29 is 22.8 Å². The lowest BCUT2D eigenvalue weighted by Gasteiger charge is -2.28. The Morgan fingerprint density at radius 1 is 1.19 bits per heavy atom. The number of carbonyl (C=O) groups is 3. The maximum absolute atomic E-state index is 12.1.